The van der Waals surface area contributed by atoms with Crippen molar-refractivity contribution >= 4 is 44.7 Å². The van der Waals surface area contributed by atoms with Crippen LogP contribution >= 0.6 is 27.5 Å². The Kier molecular flexibility index (Phi) is 3.44. The van der Waals surface area contributed by atoms with Crippen molar-refractivity contribution in [3.63, 3.8) is 0 Å². The van der Waals surface area contributed by atoms with Crippen LogP contribution in [0.15, 0.2) is 29.0 Å². The molecular weight excluding hydrogens is 310 g/mol. The van der Waals surface area contributed by atoms with Crippen molar-refractivity contribution < 1.29 is 4.39 Å². The zero-order valence-electron chi connectivity index (χ0n) is 8.42. The number of benzene rings is 1. The molecule has 0 radical (unpaired) electrons. The number of anilines is 3. The fraction of sp³-hybridized carbons (Fsp3) is 0. The maximum atomic E-state index is 13.6. The van der Waals surface area contributed by atoms with Gasteiger partial charge in [-0.3, -0.25) is 0 Å². The number of nitrogen functional groups attached to an aromatic ring is 1. The number of nitrogens with two attached hydrogens (primary N) is 1. The molecule has 2 rings (SSSR count). The van der Waals surface area contributed by atoms with E-state index in [0.717, 1.165) is 0 Å². The molecule has 0 aliphatic heterocycles. The van der Waals surface area contributed by atoms with Crippen LogP contribution in [-0.4, -0.2) is 9.97 Å². The number of hydrogen-bond donors (Lipinski definition) is 2. The fourth-order valence-corrected chi connectivity index (χ4v) is 1.78. The van der Waals surface area contributed by atoms with E-state index >= 15 is 0 Å². The minimum atomic E-state index is -0.423. The summed E-state index contributed by atoms with van der Waals surface area (Å²) in [5, 5.41) is 2.89. The van der Waals surface area contributed by atoms with E-state index in [2.05, 4.69) is 31.2 Å². The summed E-state index contributed by atoms with van der Waals surface area (Å²) in [6.45, 7) is 0. The van der Waals surface area contributed by atoms with Gasteiger partial charge in [0.15, 0.2) is 11.0 Å². The SMILES string of the molecule is Nc1c(Cl)ncnc1Nc1c(F)cccc1Br. The van der Waals surface area contributed by atoms with Gasteiger partial charge in [-0.25, -0.2) is 14.4 Å². The first-order chi connectivity index (χ1) is 8.09. The number of rotatable bonds is 2. The second-order valence-electron chi connectivity index (χ2n) is 3.15. The van der Waals surface area contributed by atoms with E-state index in [1.807, 2.05) is 0 Å². The number of nitrogens with zero attached hydrogens (tertiary/aromatic N) is 2. The van der Waals surface area contributed by atoms with Crippen LogP contribution in [0, 0.1) is 5.82 Å². The lowest BCUT2D eigenvalue weighted by molar-refractivity contribution is 0.631. The third-order valence-electron chi connectivity index (χ3n) is 2.04. The van der Waals surface area contributed by atoms with Gasteiger partial charge in [0, 0.05) is 4.47 Å². The predicted molar refractivity (Wildman–Crippen MR) is 68.8 cm³/mol. The second kappa shape index (κ2) is 4.85. The van der Waals surface area contributed by atoms with E-state index in [1.54, 1.807) is 12.1 Å². The average molecular weight is 318 g/mol. The maximum Gasteiger partial charge on any atom is 0.158 e. The molecule has 0 fully saturated rings. The normalized spacial score (nSPS) is 10.3. The minimum absolute atomic E-state index is 0.120. The number of halogens is 3. The molecule has 0 aliphatic carbocycles. The molecule has 0 aliphatic rings. The standard InChI is InChI=1S/C10H7BrClFN4/c11-5-2-1-3-6(13)8(5)17-10-7(14)9(12)15-4-16-10/h1-4H,14H2,(H,15,16,17). The molecule has 0 bridgehead atoms. The summed E-state index contributed by atoms with van der Waals surface area (Å²) in [4.78, 5) is 7.61. The highest BCUT2D eigenvalue weighted by molar-refractivity contribution is 9.10. The van der Waals surface area contributed by atoms with Crippen LogP contribution in [0.25, 0.3) is 0 Å². The molecule has 0 amide bonds. The Balaban J connectivity index is 2.42. The van der Waals surface area contributed by atoms with Crippen LogP contribution in [-0.2, 0) is 0 Å². The summed E-state index contributed by atoms with van der Waals surface area (Å²) in [6.07, 6.45) is 1.25. The van der Waals surface area contributed by atoms with Crippen molar-refractivity contribution in [2.24, 2.45) is 0 Å². The molecule has 0 atom stereocenters. The summed E-state index contributed by atoms with van der Waals surface area (Å²) in [7, 11) is 0. The van der Waals surface area contributed by atoms with Gasteiger partial charge in [-0.05, 0) is 28.1 Å². The Hall–Kier alpha value is -1.40. The van der Waals surface area contributed by atoms with Gasteiger partial charge < -0.3 is 11.1 Å². The van der Waals surface area contributed by atoms with Crippen LogP contribution < -0.4 is 11.1 Å². The van der Waals surface area contributed by atoms with E-state index in [1.165, 1.54) is 12.4 Å². The first-order valence-corrected chi connectivity index (χ1v) is 5.73. The Morgan fingerprint density at radius 2 is 2.12 bits per heavy atom. The van der Waals surface area contributed by atoms with Gasteiger partial charge in [-0.1, -0.05) is 17.7 Å². The Morgan fingerprint density at radius 3 is 2.82 bits per heavy atom. The van der Waals surface area contributed by atoms with Crippen molar-refractivity contribution in [1.29, 1.82) is 0 Å². The van der Waals surface area contributed by atoms with Crippen LogP contribution in [0.5, 0.6) is 0 Å². The largest absolute Gasteiger partial charge is 0.393 e. The molecule has 0 saturated carbocycles. The highest BCUT2D eigenvalue weighted by Gasteiger charge is 2.11. The van der Waals surface area contributed by atoms with Crippen LogP contribution in [0.3, 0.4) is 0 Å². The molecule has 0 spiro atoms. The quantitative estimate of drug-likeness (QED) is 0.834. The lowest BCUT2D eigenvalue weighted by Gasteiger charge is -2.10. The van der Waals surface area contributed by atoms with Gasteiger partial charge in [0.05, 0.1) is 5.69 Å². The topological polar surface area (TPSA) is 63.8 Å². The number of para-hydroxylation sites is 1. The zero-order valence-corrected chi connectivity index (χ0v) is 10.8. The molecule has 4 nitrogen and oxygen atoms in total. The van der Waals surface area contributed by atoms with Gasteiger partial charge in [-0.2, -0.15) is 0 Å². The van der Waals surface area contributed by atoms with E-state index in [-0.39, 0.29) is 22.3 Å². The van der Waals surface area contributed by atoms with Gasteiger partial charge in [0.2, 0.25) is 0 Å². The predicted octanol–water partition coefficient (Wildman–Crippen LogP) is 3.36. The third kappa shape index (κ3) is 2.48. The maximum absolute atomic E-state index is 13.6. The molecule has 1 aromatic heterocycles. The average Bonchev–Trinajstić information content (AvgIpc) is 2.29. The summed E-state index contributed by atoms with van der Waals surface area (Å²) in [6, 6.07) is 4.61. The first kappa shape index (κ1) is 12.1. The second-order valence-corrected chi connectivity index (χ2v) is 4.36. The first-order valence-electron chi connectivity index (χ1n) is 4.56. The highest BCUT2D eigenvalue weighted by atomic mass is 79.9. The monoisotopic (exact) mass is 316 g/mol. The van der Waals surface area contributed by atoms with Crippen molar-refractivity contribution in [3.8, 4) is 0 Å². The molecule has 88 valence electrons. The Morgan fingerprint density at radius 1 is 1.35 bits per heavy atom. The van der Waals surface area contributed by atoms with Crippen LogP contribution in [0.2, 0.25) is 5.15 Å². The molecule has 2 aromatic rings. The van der Waals surface area contributed by atoms with Gasteiger partial charge in [0.1, 0.15) is 17.8 Å². The highest BCUT2D eigenvalue weighted by Crippen LogP contribution is 2.31. The Labute approximate surface area is 110 Å². The van der Waals surface area contributed by atoms with E-state index < -0.39 is 5.82 Å². The number of aromatic nitrogens is 2. The van der Waals surface area contributed by atoms with Crippen molar-refractivity contribution in [1.82, 2.24) is 9.97 Å². The molecule has 3 N–H and O–H groups in total. The zero-order chi connectivity index (χ0) is 12.4. The summed E-state index contributed by atoms with van der Waals surface area (Å²) in [5.74, 6) is -0.163. The summed E-state index contributed by atoms with van der Waals surface area (Å²) < 4.78 is 14.1. The van der Waals surface area contributed by atoms with Crippen molar-refractivity contribution in [3.05, 3.63) is 40.0 Å². The van der Waals surface area contributed by atoms with Gasteiger partial charge in [-0.15, -0.1) is 0 Å². The number of nitrogens with one attached hydrogen (secondary N) is 1. The molecule has 1 heterocycles. The third-order valence-corrected chi connectivity index (χ3v) is 3.00. The molecule has 0 unspecified atom stereocenters. The minimum Gasteiger partial charge on any atom is -0.393 e. The molecule has 17 heavy (non-hydrogen) atoms. The van der Waals surface area contributed by atoms with E-state index in [0.29, 0.717) is 4.47 Å². The summed E-state index contributed by atoms with van der Waals surface area (Å²) >= 11 is 8.97. The molecule has 7 heteroatoms. The van der Waals surface area contributed by atoms with Crippen molar-refractivity contribution in [2.75, 3.05) is 11.1 Å². The fourth-order valence-electron chi connectivity index (χ4n) is 1.21. The lowest BCUT2D eigenvalue weighted by Crippen LogP contribution is -2.02. The molecular formula is C10H7BrClFN4. The molecule has 1 aromatic carbocycles. The van der Waals surface area contributed by atoms with Crippen LogP contribution in [0.1, 0.15) is 0 Å². The van der Waals surface area contributed by atoms with Crippen molar-refractivity contribution in [2.45, 2.75) is 0 Å². The van der Waals surface area contributed by atoms with Crippen LogP contribution in [0.4, 0.5) is 21.6 Å². The number of hydrogen-bond acceptors (Lipinski definition) is 4. The Bertz CT molecular complexity index is 544. The van der Waals surface area contributed by atoms with Gasteiger partial charge >= 0.3 is 0 Å². The summed E-state index contributed by atoms with van der Waals surface area (Å²) in [5.41, 5.74) is 6.09. The molecule has 0 saturated heterocycles. The van der Waals surface area contributed by atoms with E-state index in [4.69, 9.17) is 17.3 Å². The lowest BCUT2D eigenvalue weighted by atomic mass is 10.3. The van der Waals surface area contributed by atoms with Gasteiger partial charge in [0.25, 0.3) is 0 Å². The van der Waals surface area contributed by atoms with E-state index in [9.17, 15) is 4.39 Å². The smallest absolute Gasteiger partial charge is 0.158 e.